The highest BCUT2D eigenvalue weighted by molar-refractivity contribution is 5.98. The number of ether oxygens (including phenoxy) is 2. The summed E-state index contributed by atoms with van der Waals surface area (Å²) in [7, 11) is 2.81. The Balaban J connectivity index is 3.43. The van der Waals surface area contributed by atoms with E-state index in [0.717, 1.165) is 5.06 Å². The summed E-state index contributed by atoms with van der Waals surface area (Å²) < 4.78 is 10.2. The van der Waals surface area contributed by atoms with Crippen molar-refractivity contribution < 1.29 is 29.0 Å². The van der Waals surface area contributed by atoms with Crippen LogP contribution in [0.5, 0.6) is 11.5 Å². The van der Waals surface area contributed by atoms with E-state index in [1.165, 1.54) is 26.4 Å². The van der Waals surface area contributed by atoms with E-state index in [1.54, 1.807) is 20.8 Å². The largest absolute Gasteiger partial charge is 0.493 e. The van der Waals surface area contributed by atoms with Gasteiger partial charge in [0.2, 0.25) is 6.41 Å². The van der Waals surface area contributed by atoms with E-state index in [9.17, 15) is 14.7 Å². The lowest BCUT2D eigenvalue weighted by atomic mass is 10.1. The number of hydroxylamine groups is 1. The van der Waals surface area contributed by atoms with Crippen LogP contribution in [0.1, 0.15) is 31.1 Å². The normalized spacial score (nSPS) is 10.9. The molecule has 0 spiro atoms. The first-order valence-electron chi connectivity index (χ1n) is 6.16. The number of aromatic carboxylic acids is 1. The van der Waals surface area contributed by atoms with Crippen molar-refractivity contribution in [2.45, 2.75) is 26.4 Å². The molecule has 21 heavy (non-hydrogen) atoms. The molecule has 0 bridgehead atoms. The highest BCUT2D eigenvalue weighted by atomic mass is 16.7. The molecule has 1 amide bonds. The topological polar surface area (TPSA) is 85.3 Å². The molecule has 0 saturated heterocycles. The van der Waals surface area contributed by atoms with Gasteiger partial charge < -0.3 is 14.6 Å². The van der Waals surface area contributed by atoms with Crippen molar-refractivity contribution in [3.63, 3.8) is 0 Å². The molecule has 1 aromatic carbocycles. The van der Waals surface area contributed by atoms with Gasteiger partial charge in [0.15, 0.2) is 11.5 Å². The van der Waals surface area contributed by atoms with Gasteiger partial charge in [0.1, 0.15) is 0 Å². The first kappa shape index (κ1) is 16.8. The standard InChI is InChI=1S/C14H19NO6/c1-14(2,3)21-15(8-16)10-7-12(20-5)11(19-4)6-9(10)13(17)18/h6-8H,1-5H3,(H,17,18). The Kier molecular flexibility index (Phi) is 5.15. The molecule has 0 aliphatic heterocycles. The number of benzene rings is 1. The number of hydrogen-bond acceptors (Lipinski definition) is 5. The van der Waals surface area contributed by atoms with Crippen molar-refractivity contribution in [2.24, 2.45) is 0 Å². The molecule has 0 aliphatic rings. The molecule has 0 aliphatic carbocycles. The van der Waals surface area contributed by atoms with E-state index >= 15 is 0 Å². The Morgan fingerprint density at radius 2 is 1.71 bits per heavy atom. The number of carbonyl (C=O) groups is 2. The van der Waals surface area contributed by atoms with Crippen LogP contribution >= 0.6 is 0 Å². The molecule has 0 radical (unpaired) electrons. The second-order valence-electron chi connectivity index (χ2n) is 5.16. The third kappa shape index (κ3) is 4.09. The molecule has 1 N–H and O–H groups in total. The van der Waals surface area contributed by atoms with Crippen LogP contribution in [0, 0.1) is 0 Å². The van der Waals surface area contributed by atoms with Crippen molar-refractivity contribution >= 4 is 18.1 Å². The predicted octanol–water partition coefficient (Wildman–Crippen LogP) is 2.09. The number of carbonyl (C=O) groups excluding carboxylic acids is 1. The van der Waals surface area contributed by atoms with Gasteiger partial charge in [0.05, 0.1) is 31.1 Å². The van der Waals surface area contributed by atoms with Crippen LogP contribution in [0.4, 0.5) is 5.69 Å². The van der Waals surface area contributed by atoms with Gasteiger partial charge in [-0.3, -0.25) is 9.63 Å². The van der Waals surface area contributed by atoms with Gasteiger partial charge in [-0.1, -0.05) is 0 Å². The summed E-state index contributed by atoms with van der Waals surface area (Å²) in [6.07, 6.45) is 0.402. The van der Waals surface area contributed by atoms with Crippen LogP contribution in [0.2, 0.25) is 0 Å². The first-order chi connectivity index (χ1) is 9.73. The number of anilines is 1. The third-order valence-electron chi connectivity index (χ3n) is 2.44. The van der Waals surface area contributed by atoms with E-state index in [1.807, 2.05) is 0 Å². The number of amides is 1. The molecule has 116 valence electrons. The van der Waals surface area contributed by atoms with Crippen LogP contribution < -0.4 is 14.5 Å². The summed E-state index contributed by atoms with van der Waals surface area (Å²) in [5, 5.41) is 10.2. The maximum atomic E-state index is 11.4. The molecule has 1 rings (SSSR count). The zero-order valence-electron chi connectivity index (χ0n) is 12.7. The monoisotopic (exact) mass is 297 g/mol. The lowest BCUT2D eigenvalue weighted by Gasteiger charge is -2.28. The molecular weight excluding hydrogens is 278 g/mol. The molecular formula is C14H19NO6. The second kappa shape index (κ2) is 6.45. The minimum absolute atomic E-state index is 0.0603. The van der Waals surface area contributed by atoms with E-state index in [4.69, 9.17) is 14.3 Å². The predicted molar refractivity (Wildman–Crippen MR) is 75.9 cm³/mol. The van der Waals surface area contributed by atoms with Gasteiger partial charge in [-0.25, -0.2) is 4.79 Å². The number of methoxy groups -OCH3 is 2. The second-order valence-corrected chi connectivity index (χ2v) is 5.16. The molecule has 0 saturated carbocycles. The molecule has 7 nitrogen and oxygen atoms in total. The molecule has 0 atom stereocenters. The Hall–Kier alpha value is -2.28. The Morgan fingerprint density at radius 1 is 1.19 bits per heavy atom. The highest BCUT2D eigenvalue weighted by Gasteiger charge is 2.24. The minimum atomic E-state index is -1.21. The van der Waals surface area contributed by atoms with Gasteiger partial charge in [-0.2, -0.15) is 5.06 Å². The molecule has 0 aromatic heterocycles. The Labute approximate surface area is 123 Å². The molecule has 0 fully saturated rings. The Morgan fingerprint density at radius 3 is 2.10 bits per heavy atom. The molecule has 7 heteroatoms. The maximum absolute atomic E-state index is 11.4. The number of hydrogen-bond donors (Lipinski definition) is 1. The zero-order chi connectivity index (χ0) is 16.2. The highest BCUT2D eigenvalue weighted by Crippen LogP contribution is 2.35. The molecule has 1 aromatic rings. The molecule has 0 heterocycles. The van der Waals surface area contributed by atoms with Crippen molar-refractivity contribution in [2.75, 3.05) is 19.3 Å². The zero-order valence-corrected chi connectivity index (χ0v) is 12.7. The first-order valence-corrected chi connectivity index (χ1v) is 6.16. The Bertz CT molecular complexity index is 535. The fourth-order valence-corrected chi connectivity index (χ4v) is 1.64. The summed E-state index contributed by atoms with van der Waals surface area (Å²) in [6, 6.07) is 2.65. The summed E-state index contributed by atoms with van der Waals surface area (Å²) in [5.74, 6) is -0.669. The van der Waals surface area contributed by atoms with Gasteiger partial charge in [0.25, 0.3) is 0 Å². The number of rotatable bonds is 6. The average molecular weight is 297 g/mol. The third-order valence-corrected chi connectivity index (χ3v) is 2.44. The van der Waals surface area contributed by atoms with Gasteiger partial charge in [-0.05, 0) is 20.8 Å². The smallest absolute Gasteiger partial charge is 0.338 e. The van der Waals surface area contributed by atoms with Crippen LogP contribution in [-0.4, -0.2) is 37.3 Å². The fraction of sp³-hybridized carbons (Fsp3) is 0.429. The fourth-order valence-electron chi connectivity index (χ4n) is 1.64. The van der Waals surface area contributed by atoms with Crippen LogP contribution in [0.25, 0.3) is 0 Å². The van der Waals surface area contributed by atoms with Gasteiger partial charge in [0, 0.05) is 12.1 Å². The number of nitrogens with zero attached hydrogens (tertiary/aromatic N) is 1. The summed E-state index contributed by atoms with van der Waals surface area (Å²) in [6.45, 7) is 5.22. The quantitative estimate of drug-likeness (QED) is 0.639. The van der Waals surface area contributed by atoms with E-state index < -0.39 is 11.6 Å². The van der Waals surface area contributed by atoms with E-state index in [2.05, 4.69) is 0 Å². The van der Waals surface area contributed by atoms with Crippen molar-refractivity contribution in [1.29, 1.82) is 0 Å². The van der Waals surface area contributed by atoms with Crippen LogP contribution in [0.3, 0.4) is 0 Å². The van der Waals surface area contributed by atoms with Crippen molar-refractivity contribution in [3.05, 3.63) is 17.7 Å². The van der Waals surface area contributed by atoms with Gasteiger partial charge >= 0.3 is 5.97 Å². The lowest BCUT2D eigenvalue weighted by Crippen LogP contribution is -2.34. The number of carboxylic acid groups (broad SMARTS) is 1. The molecule has 0 unspecified atom stereocenters. The van der Waals surface area contributed by atoms with E-state index in [-0.39, 0.29) is 17.0 Å². The summed E-state index contributed by atoms with van der Waals surface area (Å²) >= 11 is 0. The average Bonchev–Trinajstić information content (AvgIpc) is 2.42. The number of carboxylic acids is 1. The van der Waals surface area contributed by atoms with Gasteiger partial charge in [-0.15, -0.1) is 0 Å². The SMILES string of the molecule is COc1cc(C(=O)O)c(N(C=O)OC(C)(C)C)cc1OC. The van der Waals surface area contributed by atoms with E-state index in [0.29, 0.717) is 12.2 Å². The minimum Gasteiger partial charge on any atom is -0.493 e. The van der Waals surface area contributed by atoms with Crippen LogP contribution in [0.15, 0.2) is 12.1 Å². The van der Waals surface area contributed by atoms with Crippen LogP contribution in [-0.2, 0) is 9.63 Å². The summed E-state index contributed by atoms with van der Waals surface area (Å²) in [4.78, 5) is 28.1. The maximum Gasteiger partial charge on any atom is 0.338 e. The lowest BCUT2D eigenvalue weighted by molar-refractivity contribution is -0.120. The van der Waals surface area contributed by atoms with Crippen molar-refractivity contribution in [1.82, 2.24) is 0 Å². The summed E-state index contributed by atoms with van der Waals surface area (Å²) in [5.41, 5.74) is -0.752. The van der Waals surface area contributed by atoms with Crippen molar-refractivity contribution in [3.8, 4) is 11.5 Å².